The minimum Gasteiger partial charge on any atom is -0.507 e. The Labute approximate surface area is 241 Å². The minimum absolute atomic E-state index is 0.0599. The molecule has 4 aromatic heterocycles. The lowest BCUT2D eigenvalue weighted by Crippen LogP contribution is -1.97. The summed E-state index contributed by atoms with van der Waals surface area (Å²) < 4.78 is 0. The van der Waals surface area contributed by atoms with E-state index < -0.39 is 0 Å². The standard InChI is InChI=1S/C35H24N4O3/c1-19-15-23(27-7-3-5-13-36-27)34(41)25(17-19)29-11-9-21-31(38-29)32-22(33(21)40)10-12-30(39-32)26-18-20(2)16-24(35(26)42)28-8-4-6-14-37-28/h3-18,41-42H,1-2H3. The molecule has 0 saturated carbocycles. The lowest BCUT2D eigenvalue weighted by atomic mass is 9.99. The molecule has 2 aromatic carbocycles. The Hall–Kier alpha value is -5.69. The van der Waals surface area contributed by atoms with Gasteiger partial charge in [0.05, 0.1) is 33.9 Å². The lowest BCUT2D eigenvalue weighted by molar-refractivity contribution is 0.104. The van der Waals surface area contributed by atoms with Crippen LogP contribution < -0.4 is 0 Å². The van der Waals surface area contributed by atoms with Crippen molar-refractivity contribution in [1.29, 1.82) is 0 Å². The van der Waals surface area contributed by atoms with E-state index in [1.165, 1.54) is 0 Å². The van der Waals surface area contributed by atoms with Crippen LogP contribution in [0, 0.1) is 13.8 Å². The number of pyridine rings is 4. The number of carbonyl (C=O) groups is 1. The van der Waals surface area contributed by atoms with Gasteiger partial charge in [-0.15, -0.1) is 0 Å². The molecule has 0 radical (unpaired) electrons. The molecular weight excluding hydrogens is 524 g/mol. The van der Waals surface area contributed by atoms with Crippen LogP contribution in [0.25, 0.3) is 56.4 Å². The smallest absolute Gasteiger partial charge is 0.197 e. The molecule has 6 aromatic rings. The Balaban J connectivity index is 1.36. The number of aromatic hydroxyl groups is 2. The van der Waals surface area contributed by atoms with Crippen molar-refractivity contribution >= 4 is 5.78 Å². The van der Waals surface area contributed by atoms with Crippen molar-refractivity contribution in [2.45, 2.75) is 13.8 Å². The zero-order valence-corrected chi connectivity index (χ0v) is 22.8. The first-order chi connectivity index (χ1) is 20.4. The van der Waals surface area contributed by atoms with Crippen LogP contribution in [0.4, 0.5) is 0 Å². The van der Waals surface area contributed by atoms with Crippen molar-refractivity contribution < 1.29 is 15.0 Å². The molecule has 2 N–H and O–H groups in total. The van der Waals surface area contributed by atoms with Crippen molar-refractivity contribution in [3.63, 3.8) is 0 Å². The number of rotatable bonds is 4. The molecule has 0 aliphatic heterocycles. The SMILES string of the molecule is Cc1cc(-c2ccccn2)c(O)c(-c2ccc3c(n2)-c2nc(-c4cc(C)cc(-c5ccccn5)c4O)ccc2C3=O)c1. The lowest BCUT2D eigenvalue weighted by Gasteiger charge is -2.13. The fourth-order valence-electron chi connectivity index (χ4n) is 5.47. The van der Waals surface area contributed by atoms with Gasteiger partial charge in [0.2, 0.25) is 0 Å². The summed E-state index contributed by atoms with van der Waals surface area (Å²) in [5.41, 5.74) is 8.21. The number of phenolic OH excluding ortho intramolecular Hbond substituents is 2. The molecule has 7 heteroatoms. The summed E-state index contributed by atoms with van der Waals surface area (Å²) in [6.45, 7) is 3.89. The molecule has 0 unspecified atom stereocenters. The summed E-state index contributed by atoms with van der Waals surface area (Å²) in [5, 5.41) is 22.6. The molecule has 202 valence electrons. The fourth-order valence-corrected chi connectivity index (χ4v) is 5.47. The Bertz CT molecular complexity index is 1890. The van der Waals surface area contributed by atoms with E-state index >= 15 is 0 Å². The second kappa shape index (κ2) is 9.74. The number of phenols is 2. The monoisotopic (exact) mass is 548 g/mol. The maximum absolute atomic E-state index is 13.3. The summed E-state index contributed by atoms with van der Waals surface area (Å²) in [7, 11) is 0. The third-order valence-electron chi connectivity index (χ3n) is 7.45. The maximum Gasteiger partial charge on any atom is 0.197 e. The number of hydrogen-bond donors (Lipinski definition) is 2. The van der Waals surface area contributed by atoms with Gasteiger partial charge in [-0.25, -0.2) is 9.97 Å². The molecule has 0 bridgehead atoms. The first kappa shape index (κ1) is 25.3. The molecule has 0 amide bonds. The van der Waals surface area contributed by atoms with E-state index in [-0.39, 0.29) is 17.3 Å². The van der Waals surface area contributed by atoms with Gasteiger partial charge in [-0.3, -0.25) is 14.8 Å². The second-order valence-corrected chi connectivity index (χ2v) is 10.4. The summed E-state index contributed by atoms with van der Waals surface area (Å²) in [4.78, 5) is 31.8. The van der Waals surface area contributed by atoms with Crippen LogP contribution in [0.15, 0.2) is 97.3 Å². The number of aryl methyl sites for hydroxylation is 2. The van der Waals surface area contributed by atoms with Crippen LogP contribution in [0.3, 0.4) is 0 Å². The Morgan fingerprint density at radius 1 is 0.500 bits per heavy atom. The molecule has 4 heterocycles. The first-order valence-corrected chi connectivity index (χ1v) is 13.5. The molecule has 0 spiro atoms. The second-order valence-electron chi connectivity index (χ2n) is 10.4. The predicted octanol–water partition coefficient (Wildman–Crippen LogP) is 7.17. The van der Waals surface area contributed by atoms with Gasteiger partial charge in [0, 0.05) is 34.6 Å². The summed E-state index contributed by atoms with van der Waals surface area (Å²) in [6, 6.07) is 25.5. The highest BCUT2D eigenvalue weighted by atomic mass is 16.3. The largest absolute Gasteiger partial charge is 0.507 e. The highest BCUT2D eigenvalue weighted by molar-refractivity contribution is 6.20. The molecule has 7 nitrogen and oxygen atoms in total. The van der Waals surface area contributed by atoms with Crippen molar-refractivity contribution in [1.82, 2.24) is 19.9 Å². The Kier molecular flexibility index (Phi) is 5.87. The maximum atomic E-state index is 13.3. The van der Waals surface area contributed by atoms with E-state index in [1.807, 2.05) is 74.5 Å². The van der Waals surface area contributed by atoms with Crippen LogP contribution in [0.5, 0.6) is 11.5 Å². The Morgan fingerprint density at radius 3 is 1.29 bits per heavy atom. The zero-order chi connectivity index (χ0) is 29.0. The van der Waals surface area contributed by atoms with Gasteiger partial charge in [0.15, 0.2) is 5.78 Å². The summed E-state index contributed by atoms with van der Waals surface area (Å²) in [5.74, 6) is -0.0436. The van der Waals surface area contributed by atoms with Crippen molar-refractivity contribution in [2.24, 2.45) is 0 Å². The third-order valence-corrected chi connectivity index (χ3v) is 7.45. The van der Waals surface area contributed by atoms with Crippen molar-refractivity contribution in [2.75, 3.05) is 0 Å². The van der Waals surface area contributed by atoms with Gasteiger partial charge in [-0.05, 0) is 97.8 Å². The first-order valence-electron chi connectivity index (χ1n) is 13.5. The van der Waals surface area contributed by atoms with E-state index in [4.69, 9.17) is 9.97 Å². The average Bonchev–Trinajstić information content (AvgIpc) is 3.30. The van der Waals surface area contributed by atoms with Gasteiger partial charge in [0.25, 0.3) is 0 Å². The number of nitrogens with zero attached hydrogens (tertiary/aromatic N) is 4. The van der Waals surface area contributed by atoms with Gasteiger partial charge in [-0.2, -0.15) is 0 Å². The summed E-state index contributed by atoms with van der Waals surface area (Å²) >= 11 is 0. The molecule has 0 atom stereocenters. The quantitative estimate of drug-likeness (QED) is 0.240. The van der Waals surface area contributed by atoms with E-state index in [0.29, 0.717) is 67.5 Å². The van der Waals surface area contributed by atoms with Gasteiger partial charge in [0.1, 0.15) is 22.9 Å². The molecule has 0 fully saturated rings. The van der Waals surface area contributed by atoms with E-state index in [9.17, 15) is 15.0 Å². The van der Waals surface area contributed by atoms with Crippen LogP contribution in [0.1, 0.15) is 27.0 Å². The number of hydrogen-bond acceptors (Lipinski definition) is 7. The number of carbonyl (C=O) groups excluding carboxylic acids is 1. The molecule has 42 heavy (non-hydrogen) atoms. The van der Waals surface area contributed by atoms with Crippen LogP contribution >= 0.6 is 0 Å². The topological polar surface area (TPSA) is 109 Å². The number of ketones is 1. The third kappa shape index (κ3) is 4.10. The van der Waals surface area contributed by atoms with Gasteiger partial charge >= 0.3 is 0 Å². The molecule has 1 aliphatic carbocycles. The zero-order valence-electron chi connectivity index (χ0n) is 22.8. The van der Waals surface area contributed by atoms with Crippen molar-refractivity contribution in [3.05, 3.63) is 120 Å². The number of fused-ring (bicyclic) bond motifs is 3. The van der Waals surface area contributed by atoms with Crippen LogP contribution in [-0.2, 0) is 0 Å². The number of benzene rings is 2. The van der Waals surface area contributed by atoms with Gasteiger partial charge in [-0.1, -0.05) is 12.1 Å². The summed E-state index contributed by atoms with van der Waals surface area (Å²) in [6.07, 6.45) is 3.36. The predicted molar refractivity (Wildman–Crippen MR) is 161 cm³/mol. The van der Waals surface area contributed by atoms with E-state index in [2.05, 4.69) is 9.97 Å². The van der Waals surface area contributed by atoms with Crippen LogP contribution in [0.2, 0.25) is 0 Å². The minimum atomic E-state index is -0.164. The molecule has 1 aliphatic rings. The highest BCUT2D eigenvalue weighted by Gasteiger charge is 2.31. The van der Waals surface area contributed by atoms with Gasteiger partial charge < -0.3 is 10.2 Å². The normalized spacial score (nSPS) is 11.8. The molecule has 7 rings (SSSR count). The number of aromatic nitrogens is 4. The molecular formula is C35H24N4O3. The highest BCUT2D eigenvalue weighted by Crippen LogP contribution is 2.43. The Morgan fingerprint density at radius 2 is 0.905 bits per heavy atom. The van der Waals surface area contributed by atoms with E-state index in [0.717, 1.165) is 11.1 Å². The average molecular weight is 549 g/mol. The van der Waals surface area contributed by atoms with Crippen LogP contribution in [-0.4, -0.2) is 35.9 Å². The molecule has 0 saturated heterocycles. The fraction of sp³-hybridized carbons (Fsp3) is 0.0571. The van der Waals surface area contributed by atoms with Crippen molar-refractivity contribution in [3.8, 4) is 67.9 Å². The van der Waals surface area contributed by atoms with E-state index in [1.54, 1.807) is 36.7 Å².